The highest BCUT2D eigenvalue weighted by atomic mass is 35.5. The molecular formula is C18H31ClN2O3. The van der Waals surface area contributed by atoms with Crippen LogP contribution in [0.15, 0.2) is 24.3 Å². The fraction of sp³-hybridized carbons (Fsp3) is 0.611. The molecule has 0 unspecified atom stereocenters. The second kappa shape index (κ2) is 11.3. The largest absolute Gasteiger partial charge is 0.415 e. The molecule has 0 heterocycles. The van der Waals surface area contributed by atoms with E-state index in [1.807, 2.05) is 12.1 Å². The monoisotopic (exact) mass is 358 g/mol. The average molecular weight is 359 g/mol. The number of hydrogen-bond acceptors (Lipinski definition) is 4. The van der Waals surface area contributed by atoms with E-state index in [-0.39, 0.29) is 25.6 Å². The van der Waals surface area contributed by atoms with Gasteiger partial charge in [-0.1, -0.05) is 26.0 Å². The Bertz CT molecular complexity index is 497. The van der Waals surface area contributed by atoms with Crippen LogP contribution in [0.5, 0.6) is 5.75 Å². The summed E-state index contributed by atoms with van der Waals surface area (Å²) in [6, 6.07) is 7.76. The van der Waals surface area contributed by atoms with E-state index in [0.717, 1.165) is 13.0 Å². The van der Waals surface area contributed by atoms with Crippen LogP contribution in [-0.2, 0) is 0 Å². The van der Waals surface area contributed by atoms with Crippen molar-refractivity contribution in [3.8, 4) is 5.75 Å². The second-order valence-corrected chi connectivity index (χ2v) is 6.34. The van der Waals surface area contributed by atoms with Gasteiger partial charge in [0.15, 0.2) is 0 Å². The van der Waals surface area contributed by atoms with E-state index in [9.17, 15) is 4.79 Å². The van der Waals surface area contributed by atoms with Crippen LogP contribution in [0.3, 0.4) is 0 Å². The molecule has 0 fully saturated rings. The molecule has 0 aliphatic carbocycles. The molecule has 0 aromatic heterocycles. The first-order valence-corrected chi connectivity index (χ1v) is 8.17. The number of nitrogens with zero attached hydrogens (tertiary/aromatic N) is 2. The molecule has 0 bridgehead atoms. The smallest absolute Gasteiger partial charge is 0.410 e. The molecule has 5 nitrogen and oxygen atoms in total. The van der Waals surface area contributed by atoms with Crippen molar-refractivity contribution in [2.24, 2.45) is 5.92 Å². The van der Waals surface area contributed by atoms with Crippen molar-refractivity contribution < 1.29 is 14.6 Å². The minimum atomic E-state index is -0.453. The highest BCUT2D eigenvalue weighted by Gasteiger charge is 2.19. The lowest BCUT2D eigenvalue weighted by Gasteiger charge is -2.26. The molecule has 1 aromatic rings. The van der Waals surface area contributed by atoms with Gasteiger partial charge in [0.05, 0.1) is 6.61 Å². The summed E-state index contributed by atoms with van der Waals surface area (Å²) in [5.41, 5.74) is 1.19. The van der Waals surface area contributed by atoms with Crippen molar-refractivity contribution >= 4 is 18.5 Å². The quantitative estimate of drug-likeness (QED) is 0.775. The molecule has 0 aliphatic rings. The number of carbonyl (C=O) groups is 1. The normalized spacial score (nSPS) is 13.1. The Labute approximate surface area is 152 Å². The van der Waals surface area contributed by atoms with E-state index in [4.69, 9.17) is 9.84 Å². The van der Waals surface area contributed by atoms with Crippen LogP contribution in [0.4, 0.5) is 4.79 Å². The van der Waals surface area contributed by atoms with E-state index >= 15 is 0 Å². The van der Waals surface area contributed by atoms with Crippen LogP contribution in [0, 0.1) is 5.92 Å². The lowest BCUT2D eigenvalue weighted by Crippen LogP contribution is -2.32. The molecule has 6 heteroatoms. The van der Waals surface area contributed by atoms with Crippen molar-refractivity contribution in [3.63, 3.8) is 0 Å². The standard InChI is InChI=1S/C18H30N2O3.ClH/c1-6-17(14(2)13-19(3)4)15-8-7-9-16(12-15)23-18(22)20(5)10-11-21;/h7-9,12,14,17,21H,6,10-11,13H2,1-5H3;1H/t14-,17+;/m0./s1. The Morgan fingerprint density at radius 1 is 1.29 bits per heavy atom. The van der Waals surface area contributed by atoms with Crippen LogP contribution in [0.1, 0.15) is 31.7 Å². The maximum absolute atomic E-state index is 11.9. The first-order chi connectivity index (χ1) is 10.9. The lowest BCUT2D eigenvalue weighted by molar-refractivity contribution is 0.150. The Kier molecular flexibility index (Phi) is 10.7. The molecule has 1 amide bonds. The van der Waals surface area contributed by atoms with Gasteiger partial charge in [-0.05, 0) is 50.0 Å². The minimum Gasteiger partial charge on any atom is -0.410 e. The first kappa shape index (κ1) is 22.7. The number of hydrogen-bond donors (Lipinski definition) is 1. The van der Waals surface area contributed by atoms with Gasteiger partial charge in [-0.25, -0.2) is 4.79 Å². The van der Waals surface area contributed by atoms with E-state index in [0.29, 0.717) is 17.6 Å². The zero-order chi connectivity index (χ0) is 17.4. The number of benzene rings is 1. The number of aliphatic hydroxyl groups is 1. The number of rotatable bonds is 8. The van der Waals surface area contributed by atoms with Gasteiger partial charge in [-0.15, -0.1) is 12.4 Å². The highest BCUT2D eigenvalue weighted by Crippen LogP contribution is 2.30. The summed E-state index contributed by atoms with van der Waals surface area (Å²) in [4.78, 5) is 15.5. The van der Waals surface area contributed by atoms with E-state index in [1.165, 1.54) is 10.5 Å². The SMILES string of the molecule is CC[C@@H](c1cccc(OC(=O)N(C)CCO)c1)[C@@H](C)CN(C)C.Cl. The number of ether oxygens (including phenoxy) is 1. The van der Waals surface area contributed by atoms with Crippen molar-refractivity contribution in [2.45, 2.75) is 26.2 Å². The van der Waals surface area contributed by atoms with E-state index in [1.54, 1.807) is 13.1 Å². The molecule has 0 radical (unpaired) electrons. The third-order valence-corrected chi connectivity index (χ3v) is 4.02. The third kappa shape index (κ3) is 7.07. The van der Waals surface area contributed by atoms with Crippen LogP contribution >= 0.6 is 12.4 Å². The molecule has 0 spiro atoms. The summed E-state index contributed by atoms with van der Waals surface area (Å²) in [7, 11) is 5.77. The number of likely N-dealkylation sites (N-methyl/N-ethyl adjacent to an activating group) is 1. The Hall–Kier alpha value is -1.30. The van der Waals surface area contributed by atoms with Crippen molar-refractivity contribution in [1.29, 1.82) is 0 Å². The zero-order valence-corrected chi connectivity index (χ0v) is 16.2. The Balaban J connectivity index is 0.00000529. The lowest BCUT2D eigenvalue weighted by atomic mass is 9.85. The molecular weight excluding hydrogens is 328 g/mol. The maximum atomic E-state index is 11.9. The van der Waals surface area contributed by atoms with Crippen molar-refractivity contribution in [3.05, 3.63) is 29.8 Å². The number of amides is 1. The molecule has 138 valence electrons. The summed E-state index contributed by atoms with van der Waals surface area (Å²) in [5, 5.41) is 8.88. The molecule has 0 saturated carbocycles. The van der Waals surface area contributed by atoms with Gasteiger partial charge < -0.3 is 19.6 Å². The average Bonchev–Trinajstić information content (AvgIpc) is 2.47. The minimum absolute atomic E-state index is 0. The summed E-state index contributed by atoms with van der Waals surface area (Å²) in [6.45, 7) is 5.63. The number of aliphatic hydroxyl groups excluding tert-OH is 1. The molecule has 1 N–H and O–H groups in total. The number of carbonyl (C=O) groups excluding carboxylic acids is 1. The van der Waals surface area contributed by atoms with Gasteiger partial charge >= 0.3 is 6.09 Å². The molecule has 0 saturated heterocycles. The van der Waals surface area contributed by atoms with Crippen molar-refractivity contribution in [2.75, 3.05) is 40.8 Å². The fourth-order valence-corrected chi connectivity index (χ4v) is 2.90. The second-order valence-electron chi connectivity index (χ2n) is 6.34. The Morgan fingerprint density at radius 3 is 2.50 bits per heavy atom. The number of halogens is 1. The predicted octanol–water partition coefficient (Wildman–Crippen LogP) is 3.22. The molecule has 2 atom stereocenters. The van der Waals surface area contributed by atoms with Crippen LogP contribution < -0.4 is 4.74 Å². The molecule has 24 heavy (non-hydrogen) atoms. The topological polar surface area (TPSA) is 53.0 Å². The van der Waals surface area contributed by atoms with Gasteiger partial charge in [-0.2, -0.15) is 0 Å². The maximum Gasteiger partial charge on any atom is 0.415 e. The summed E-state index contributed by atoms with van der Waals surface area (Å²) >= 11 is 0. The van der Waals surface area contributed by atoms with E-state index in [2.05, 4.69) is 38.9 Å². The molecule has 1 aromatic carbocycles. The van der Waals surface area contributed by atoms with Crippen LogP contribution in [0.25, 0.3) is 0 Å². The van der Waals surface area contributed by atoms with Crippen LogP contribution in [-0.4, -0.2) is 61.8 Å². The Morgan fingerprint density at radius 2 is 1.96 bits per heavy atom. The van der Waals surface area contributed by atoms with Crippen molar-refractivity contribution in [1.82, 2.24) is 9.80 Å². The fourth-order valence-electron chi connectivity index (χ4n) is 2.90. The van der Waals surface area contributed by atoms with Gasteiger partial charge in [0, 0.05) is 20.1 Å². The van der Waals surface area contributed by atoms with Gasteiger partial charge in [-0.3, -0.25) is 0 Å². The van der Waals surface area contributed by atoms with Gasteiger partial charge in [0.25, 0.3) is 0 Å². The van der Waals surface area contributed by atoms with Gasteiger partial charge in [0.2, 0.25) is 0 Å². The molecule has 1 rings (SSSR count). The first-order valence-electron chi connectivity index (χ1n) is 8.17. The highest BCUT2D eigenvalue weighted by molar-refractivity contribution is 5.85. The van der Waals surface area contributed by atoms with Crippen LogP contribution in [0.2, 0.25) is 0 Å². The summed E-state index contributed by atoms with van der Waals surface area (Å²) < 4.78 is 5.39. The summed E-state index contributed by atoms with van der Waals surface area (Å²) in [6.07, 6.45) is 0.585. The summed E-state index contributed by atoms with van der Waals surface area (Å²) in [5.74, 6) is 1.48. The molecule has 0 aliphatic heterocycles. The zero-order valence-electron chi connectivity index (χ0n) is 15.4. The predicted molar refractivity (Wildman–Crippen MR) is 100 cm³/mol. The van der Waals surface area contributed by atoms with Gasteiger partial charge in [0.1, 0.15) is 5.75 Å². The van der Waals surface area contributed by atoms with E-state index < -0.39 is 6.09 Å². The third-order valence-electron chi connectivity index (χ3n) is 4.02.